The number of esters is 1. The van der Waals surface area contributed by atoms with E-state index in [0.29, 0.717) is 5.56 Å². The maximum absolute atomic E-state index is 11.4. The maximum Gasteiger partial charge on any atom is 0.356 e. The SMILES string of the molecule is C=CC(=O)NCc1cn[nH]c1C(=O)OCC. The number of hydrogen-bond donors (Lipinski definition) is 2. The van der Waals surface area contributed by atoms with Crippen molar-refractivity contribution < 1.29 is 14.3 Å². The Balaban J connectivity index is 2.67. The van der Waals surface area contributed by atoms with Crippen LogP contribution in [0.25, 0.3) is 0 Å². The Morgan fingerprint density at radius 2 is 2.44 bits per heavy atom. The summed E-state index contributed by atoms with van der Waals surface area (Å²) in [5, 5.41) is 8.80. The van der Waals surface area contributed by atoms with Crippen LogP contribution >= 0.6 is 0 Å². The first-order valence-electron chi connectivity index (χ1n) is 4.78. The number of nitrogens with zero attached hydrogens (tertiary/aromatic N) is 1. The fourth-order valence-electron chi connectivity index (χ4n) is 1.08. The van der Waals surface area contributed by atoms with Crippen LogP contribution in [0.15, 0.2) is 18.9 Å². The van der Waals surface area contributed by atoms with E-state index < -0.39 is 5.97 Å². The third-order valence-corrected chi connectivity index (χ3v) is 1.84. The maximum atomic E-state index is 11.4. The molecule has 16 heavy (non-hydrogen) atoms. The summed E-state index contributed by atoms with van der Waals surface area (Å²) in [6, 6.07) is 0. The number of H-pyrrole nitrogens is 1. The van der Waals surface area contributed by atoms with Gasteiger partial charge in [-0.25, -0.2) is 4.79 Å². The predicted octanol–water partition coefficient (Wildman–Crippen LogP) is 0.389. The van der Waals surface area contributed by atoms with Gasteiger partial charge in [0.1, 0.15) is 5.69 Å². The number of carbonyl (C=O) groups is 2. The standard InChI is InChI=1S/C10H13N3O3/c1-3-8(14)11-5-7-6-12-13-9(7)10(15)16-4-2/h3,6H,1,4-5H2,2H3,(H,11,14)(H,12,13). The van der Waals surface area contributed by atoms with Crippen molar-refractivity contribution in [1.29, 1.82) is 0 Å². The first-order chi connectivity index (χ1) is 7.69. The van der Waals surface area contributed by atoms with Gasteiger partial charge in [0.15, 0.2) is 0 Å². The van der Waals surface area contributed by atoms with Crippen molar-refractivity contribution in [2.45, 2.75) is 13.5 Å². The fraction of sp³-hybridized carbons (Fsp3) is 0.300. The molecule has 0 atom stereocenters. The summed E-state index contributed by atoms with van der Waals surface area (Å²) in [5.74, 6) is -0.793. The van der Waals surface area contributed by atoms with Crippen LogP contribution in [0.2, 0.25) is 0 Å². The minimum Gasteiger partial charge on any atom is -0.461 e. The second-order valence-electron chi connectivity index (χ2n) is 2.91. The molecule has 1 heterocycles. The van der Waals surface area contributed by atoms with E-state index in [4.69, 9.17) is 4.74 Å². The van der Waals surface area contributed by atoms with E-state index in [1.807, 2.05) is 0 Å². The number of carbonyl (C=O) groups excluding carboxylic acids is 2. The molecule has 86 valence electrons. The van der Waals surface area contributed by atoms with E-state index in [0.717, 1.165) is 6.08 Å². The Bertz CT molecular complexity index is 398. The summed E-state index contributed by atoms with van der Waals surface area (Å²) in [6.45, 7) is 5.53. The zero-order chi connectivity index (χ0) is 12.0. The van der Waals surface area contributed by atoms with E-state index in [9.17, 15) is 9.59 Å². The van der Waals surface area contributed by atoms with Gasteiger partial charge < -0.3 is 10.1 Å². The lowest BCUT2D eigenvalue weighted by molar-refractivity contribution is -0.116. The summed E-state index contributed by atoms with van der Waals surface area (Å²) < 4.78 is 4.82. The molecule has 1 aromatic heterocycles. The zero-order valence-corrected chi connectivity index (χ0v) is 8.95. The first kappa shape index (κ1) is 12.0. The van der Waals surface area contributed by atoms with Gasteiger partial charge in [-0.2, -0.15) is 5.10 Å². The largest absolute Gasteiger partial charge is 0.461 e. The molecule has 0 saturated heterocycles. The molecule has 0 aliphatic heterocycles. The van der Waals surface area contributed by atoms with Crippen molar-refractivity contribution in [2.75, 3.05) is 6.61 Å². The number of aromatic amines is 1. The first-order valence-corrected chi connectivity index (χ1v) is 4.78. The topological polar surface area (TPSA) is 84.1 Å². The Morgan fingerprint density at radius 1 is 1.69 bits per heavy atom. The van der Waals surface area contributed by atoms with Crippen molar-refractivity contribution in [2.24, 2.45) is 0 Å². The molecule has 6 nitrogen and oxygen atoms in total. The van der Waals surface area contributed by atoms with Crippen molar-refractivity contribution in [3.05, 3.63) is 30.1 Å². The van der Waals surface area contributed by atoms with Gasteiger partial charge in [0.25, 0.3) is 0 Å². The summed E-state index contributed by atoms with van der Waals surface area (Å²) in [5.41, 5.74) is 0.833. The van der Waals surface area contributed by atoms with Crippen LogP contribution < -0.4 is 5.32 Å². The van der Waals surface area contributed by atoms with Gasteiger partial charge in [-0.05, 0) is 13.0 Å². The third-order valence-electron chi connectivity index (χ3n) is 1.84. The van der Waals surface area contributed by atoms with Gasteiger partial charge in [0.2, 0.25) is 5.91 Å². The van der Waals surface area contributed by atoms with Crippen LogP contribution in [0.4, 0.5) is 0 Å². The number of ether oxygens (including phenoxy) is 1. The van der Waals surface area contributed by atoms with Gasteiger partial charge in [0, 0.05) is 12.1 Å². The van der Waals surface area contributed by atoms with Crippen LogP contribution in [-0.2, 0) is 16.1 Å². The number of rotatable bonds is 5. The van der Waals surface area contributed by atoms with Gasteiger partial charge in [-0.1, -0.05) is 6.58 Å². The summed E-state index contributed by atoms with van der Waals surface area (Å²) in [4.78, 5) is 22.4. The van der Waals surface area contributed by atoms with Gasteiger partial charge in [0.05, 0.1) is 12.8 Å². The van der Waals surface area contributed by atoms with E-state index >= 15 is 0 Å². The summed E-state index contributed by atoms with van der Waals surface area (Å²) >= 11 is 0. The Hall–Kier alpha value is -2.11. The molecule has 0 fully saturated rings. The Kier molecular flexibility index (Phi) is 4.26. The van der Waals surface area contributed by atoms with Crippen LogP contribution in [-0.4, -0.2) is 28.7 Å². The highest BCUT2D eigenvalue weighted by Crippen LogP contribution is 2.05. The van der Waals surface area contributed by atoms with E-state index in [1.54, 1.807) is 6.92 Å². The summed E-state index contributed by atoms with van der Waals surface area (Å²) in [6.07, 6.45) is 2.62. The average molecular weight is 223 g/mol. The van der Waals surface area contributed by atoms with Crippen molar-refractivity contribution >= 4 is 11.9 Å². The van der Waals surface area contributed by atoms with Gasteiger partial charge in [-0.3, -0.25) is 9.89 Å². The molecule has 0 bridgehead atoms. The molecule has 1 aromatic rings. The van der Waals surface area contributed by atoms with Crippen molar-refractivity contribution in [1.82, 2.24) is 15.5 Å². The lowest BCUT2D eigenvalue weighted by atomic mass is 10.2. The van der Waals surface area contributed by atoms with Gasteiger partial charge >= 0.3 is 5.97 Å². The smallest absolute Gasteiger partial charge is 0.356 e. The highest BCUT2D eigenvalue weighted by Gasteiger charge is 2.14. The van der Waals surface area contributed by atoms with E-state index in [-0.39, 0.29) is 24.8 Å². The van der Waals surface area contributed by atoms with Crippen molar-refractivity contribution in [3.8, 4) is 0 Å². The number of nitrogens with one attached hydrogen (secondary N) is 2. The molecule has 0 spiro atoms. The third kappa shape index (κ3) is 2.94. The fourth-order valence-corrected chi connectivity index (χ4v) is 1.08. The molecule has 0 unspecified atom stereocenters. The highest BCUT2D eigenvalue weighted by molar-refractivity contribution is 5.89. The minimum absolute atomic E-state index is 0.204. The Morgan fingerprint density at radius 3 is 3.06 bits per heavy atom. The molecule has 6 heteroatoms. The molecule has 0 aromatic carbocycles. The normalized spacial score (nSPS) is 9.56. The molecular weight excluding hydrogens is 210 g/mol. The second-order valence-corrected chi connectivity index (χ2v) is 2.91. The molecule has 0 saturated carbocycles. The van der Waals surface area contributed by atoms with Gasteiger partial charge in [-0.15, -0.1) is 0 Å². The number of aromatic nitrogens is 2. The lowest BCUT2D eigenvalue weighted by Crippen LogP contribution is -2.21. The Labute approximate surface area is 92.7 Å². The number of amides is 1. The van der Waals surface area contributed by atoms with Crippen LogP contribution in [0, 0.1) is 0 Å². The van der Waals surface area contributed by atoms with E-state index in [1.165, 1.54) is 6.20 Å². The zero-order valence-electron chi connectivity index (χ0n) is 8.95. The monoisotopic (exact) mass is 223 g/mol. The lowest BCUT2D eigenvalue weighted by Gasteiger charge is -2.03. The molecule has 1 amide bonds. The molecular formula is C10H13N3O3. The molecule has 0 radical (unpaired) electrons. The predicted molar refractivity (Wildman–Crippen MR) is 56.6 cm³/mol. The molecule has 1 rings (SSSR count). The average Bonchev–Trinajstić information content (AvgIpc) is 2.74. The molecule has 0 aliphatic carbocycles. The second kappa shape index (κ2) is 5.69. The quantitative estimate of drug-likeness (QED) is 0.558. The highest BCUT2D eigenvalue weighted by atomic mass is 16.5. The van der Waals surface area contributed by atoms with Crippen molar-refractivity contribution in [3.63, 3.8) is 0 Å². The van der Waals surface area contributed by atoms with Crippen LogP contribution in [0.5, 0.6) is 0 Å². The number of hydrogen-bond acceptors (Lipinski definition) is 4. The van der Waals surface area contributed by atoms with E-state index in [2.05, 4.69) is 22.1 Å². The summed E-state index contributed by atoms with van der Waals surface area (Å²) in [7, 11) is 0. The van der Waals surface area contributed by atoms with Crippen LogP contribution in [0.3, 0.4) is 0 Å². The van der Waals surface area contributed by atoms with Crippen LogP contribution in [0.1, 0.15) is 23.0 Å². The molecule has 0 aliphatic rings. The molecule has 2 N–H and O–H groups in total. The minimum atomic E-state index is -0.483.